The predicted octanol–water partition coefficient (Wildman–Crippen LogP) is 3.36. The molecule has 1 aliphatic rings. The van der Waals surface area contributed by atoms with Crippen LogP contribution in [0.5, 0.6) is 0 Å². The zero-order valence-corrected chi connectivity index (χ0v) is 16.1. The van der Waals surface area contributed by atoms with E-state index < -0.39 is 23.4 Å². The first kappa shape index (κ1) is 18.9. The second-order valence-corrected chi connectivity index (χ2v) is 7.20. The van der Waals surface area contributed by atoms with E-state index in [4.69, 9.17) is 11.6 Å². The molecule has 0 saturated carbocycles. The van der Waals surface area contributed by atoms with Gasteiger partial charge in [-0.25, -0.2) is 4.79 Å². The fourth-order valence-electron chi connectivity index (χ4n) is 3.18. The van der Waals surface area contributed by atoms with Gasteiger partial charge in [-0.1, -0.05) is 47.5 Å². The van der Waals surface area contributed by atoms with Crippen molar-refractivity contribution in [3.63, 3.8) is 0 Å². The van der Waals surface area contributed by atoms with Gasteiger partial charge in [-0.05, 0) is 38.5 Å². The van der Waals surface area contributed by atoms with Crippen LogP contribution >= 0.6 is 11.6 Å². The fourth-order valence-corrected chi connectivity index (χ4v) is 3.50. The Morgan fingerprint density at radius 3 is 2.56 bits per heavy atom. The van der Waals surface area contributed by atoms with Crippen molar-refractivity contribution in [2.24, 2.45) is 0 Å². The van der Waals surface area contributed by atoms with E-state index in [1.54, 1.807) is 37.3 Å². The van der Waals surface area contributed by atoms with Crippen LogP contribution in [-0.4, -0.2) is 29.3 Å². The maximum absolute atomic E-state index is 12.9. The van der Waals surface area contributed by atoms with E-state index in [2.05, 4.69) is 10.6 Å². The fraction of sp³-hybridized carbons (Fsp3) is 0.250. The predicted molar refractivity (Wildman–Crippen MR) is 104 cm³/mol. The SMILES string of the molecule is Cc1ccc(NC(=O)CN2C(=O)NC(C)(c3ccccc3Cl)C2=O)c(C)c1. The molecule has 0 aromatic heterocycles. The summed E-state index contributed by atoms with van der Waals surface area (Å²) in [6, 6.07) is 11.8. The van der Waals surface area contributed by atoms with Crippen LogP contribution in [-0.2, 0) is 15.1 Å². The molecule has 2 aromatic carbocycles. The number of benzene rings is 2. The van der Waals surface area contributed by atoms with Crippen molar-refractivity contribution >= 4 is 35.1 Å². The highest BCUT2D eigenvalue weighted by molar-refractivity contribution is 6.32. The normalized spacial score (nSPS) is 19.2. The molecule has 4 amide bonds. The van der Waals surface area contributed by atoms with Crippen LogP contribution < -0.4 is 10.6 Å². The monoisotopic (exact) mass is 385 g/mol. The second-order valence-electron chi connectivity index (χ2n) is 6.79. The van der Waals surface area contributed by atoms with Crippen molar-refractivity contribution in [2.75, 3.05) is 11.9 Å². The molecule has 0 radical (unpaired) electrons. The maximum atomic E-state index is 12.9. The van der Waals surface area contributed by atoms with Gasteiger partial charge in [0.1, 0.15) is 12.1 Å². The molecule has 1 heterocycles. The minimum absolute atomic E-state index is 0.371. The van der Waals surface area contributed by atoms with Gasteiger partial charge in [-0.2, -0.15) is 0 Å². The van der Waals surface area contributed by atoms with Crippen molar-refractivity contribution in [1.82, 2.24) is 10.2 Å². The van der Waals surface area contributed by atoms with E-state index in [1.165, 1.54) is 0 Å². The quantitative estimate of drug-likeness (QED) is 0.792. The minimum Gasteiger partial charge on any atom is -0.324 e. The van der Waals surface area contributed by atoms with E-state index in [-0.39, 0.29) is 6.54 Å². The molecule has 1 aliphatic heterocycles. The van der Waals surface area contributed by atoms with E-state index in [0.717, 1.165) is 16.0 Å². The number of amides is 4. The van der Waals surface area contributed by atoms with Gasteiger partial charge in [0.15, 0.2) is 0 Å². The summed E-state index contributed by atoms with van der Waals surface area (Å²) >= 11 is 6.20. The first-order chi connectivity index (χ1) is 12.7. The van der Waals surface area contributed by atoms with Gasteiger partial charge < -0.3 is 10.6 Å². The Bertz CT molecular complexity index is 944. The zero-order valence-electron chi connectivity index (χ0n) is 15.3. The largest absolute Gasteiger partial charge is 0.325 e. The first-order valence-corrected chi connectivity index (χ1v) is 8.86. The van der Waals surface area contributed by atoms with Crippen LogP contribution in [0.25, 0.3) is 0 Å². The highest BCUT2D eigenvalue weighted by Crippen LogP contribution is 2.33. The van der Waals surface area contributed by atoms with Crippen molar-refractivity contribution in [1.29, 1.82) is 0 Å². The second kappa shape index (κ2) is 7.04. The molecule has 1 unspecified atom stereocenters. The third-order valence-corrected chi connectivity index (χ3v) is 4.97. The number of carbonyl (C=O) groups excluding carboxylic acids is 3. The topological polar surface area (TPSA) is 78.5 Å². The molecular formula is C20H20ClN3O3. The van der Waals surface area contributed by atoms with Crippen molar-refractivity contribution in [3.8, 4) is 0 Å². The molecule has 3 rings (SSSR count). The summed E-state index contributed by atoms with van der Waals surface area (Å²) in [6.45, 7) is 5.04. The lowest BCUT2D eigenvalue weighted by Gasteiger charge is -2.23. The lowest BCUT2D eigenvalue weighted by Crippen LogP contribution is -2.42. The van der Waals surface area contributed by atoms with Gasteiger partial charge in [-0.15, -0.1) is 0 Å². The number of hydrogen-bond donors (Lipinski definition) is 2. The molecule has 7 heteroatoms. The third kappa shape index (κ3) is 3.53. The molecule has 6 nitrogen and oxygen atoms in total. The molecule has 2 N–H and O–H groups in total. The van der Waals surface area contributed by atoms with Crippen LogP contribution in [0, 0.1) is 13.8 Å². The number of urea groups is 1. The summed E-state index contributed by atoms with van der Waals surface area (Å²) < 4.78 is 0. The smallest absolute Gasteiger partial charge is 0.324 e. The van der Waals surface area contributed by atoms with Crippen LogP contribution in [0.4, 0.5) is 10.5 Å². The van der Waals surface area contributed by atoms with Gasteiger partial charge in [0.05, 0.1) is 0 Å². The summed E-state index contributed by atoms with van der Waals surface area (Å²) in [4.78, 5) is 38.6. The molecule has 0 spiro atoms. The Morgan fingerprint density at radius 2 is 1.89 bits per heavy atom. The minimum atomic E-state index is -1.31. The van der Waals surface area contributed by atoms with Crippen LogP contribution in [0.3, 0.4) is 0 Å². The zero-order chi connectivity index (χ0) is 19.8. The molecule has 0 aliphatic carbocycles. The number of aryl methyl sites for hydroxylation is 2. The van der Waals surface area contributed by atoms with Gasteiger partial charge in [0.25, 0.3) is 5.91 Å². The Labute approximate surface area is 162 Å². The first-order valence-electron chi connectivity index (χ1n) is 8.48. The third-order valence-electron chi connectivity index (χ3n) is 4.65. The van der Waals surface area contributed by atoms with Crippen molar-refractivity contribution < 1.29 is 14.4 Å². The maximum Gasteiger partial charge on any atom is 0.325 e. The van der Waals surface area contributed by atoms with Crippen LogP contribution in [0.2, 0.25) is 5.02 Å². The standard InChI is InChI=1S/C20H20ClN3O3/c1-12-8-9-16(13(2)10-12)22-17(25)11-24-18(26)20(3,23-19(24)27)14-6-4-5-7-15(14)21/h4-10H,11H2,1-3H3,(H,22,25)(H,23,27). The van der Waals surface area contributed by atoms with Crippen molar-refractivity contribution in [3.05, 3.63) is 64.2 Å². The summed E-state index contributed by atoms with van der Waals surface area (Å²) in [6.07, 6.45) is 0. The van der Waals surface area contributed by atoms with Gasteiger partial charge >= 0.3 is 6.03 Å². The number of rotatable bonds is 4. The molecular weight excluding hydrogens is 366 g/mol. The number of halogens is 1. The van der Waals surface area contributed by atoms with Gasteiger partial charge in [0.2, 0.25) is 5.91 Å². The molecule has 27 heavy (non-hydrogen) atoms. The Balaban J connectivity index is 1.78. The molecule has 140 valence electrons. The van der Waals surface area contributed by atoms with Gasteiger partial charge in [-0.3, -0.25) is 14.5 Å². The van der Waals surface area contributed by atoms with Crippen LogP contribution in [0.1, 0.15) is 23.6 Å². The number of anilines is 1. The lowest BCUT2D eigenvalue weighted by molar-refractivity contribution is -0.133. The molecule has 1 atom stereocenters. The van der Waals surface area contributed by atoms with E-state index in [1.807, 2.05) is 26.0 Å². The molecule has 0 bridgehead atoms. The molecule has 1 fully saturated rings. The average Bonchev–Trinajstić information content (AvgIpc) is 2.82. The number of imide groups is 1. The Morgan fingerprint density at radius 1 is 1.19 bits per heavy atom. The summed E-state index contributed by atoms with van der Waals surface area (Å²) in [7, 11) is 0. The molecule has 1 saturated heterocycles. The van der Waals surface area contributed by atoms with E-state index in [0.29, 0.717) is 16.3 Å². The number of nitrogens with one attached hydrogen (secondary N) is 2. The number of carbonyl (C=O) groups is 3. The number of nitrogens with zero attached hydrogens (tertiary/aromatic N) is 1. The Hall–Kier alpha value is -2.86. The summed E-state index contributed by atoms with van der Waals surface area (Å²) in [5.74, 6) is -0.967. The lowest BCUT2D eigenvalue weighted by atomic mass is 9.92. The summed E-state index contributed by atoms with van der Waals surface area (Å²) in [5, 5.41) is 5.76. The van der Waals surface area contributed by atoms with Crippen molar-refractivity contribution in [2.45, 2.75) is 26.3 Å². The highest BCUT2D eigenvalue weighted by atomic mass is 35.5. The van der Waals surface area contributed by atoms with Gasteiger partial charge in [0, 0.05) is 16.3 Å². The number of hydrogen-bond acceptors (Lipinski definition) is 3. The van der Waals surface area contributed by atoms with Crippen LogP contribution in [0.15, 0.2) is 42.5 Å². The highest BCUT2D eigenvalue weighted by Gasteiger charge is 2.50. The summed E-state index contributed by atoms with van der Waals surface area (Å²) in [5.41, 5.74) is 1.81. The molecule has 2 aromatic rings. The Kier molecular flexibility index (Phi) is 4.93. The average molecular weight is 386 g/mol. The van der Waals surface area contributed by atoms with E-state index >= 15 is 0 Å². The van der Waals surface area contributed by atoms with E-state index in [9.17, 15) is 14.4 Å².